The van der Waals surface area contributed by atoms with E-state index in [2.05, 4.69) is 15.6 Å². The van der Waals surface area contributed by atoms with Crippen LogP contribution in [-0.2, 0) is 0 Å². The molecule has 0 bridgehead atoms. The molecule has 1 fully saturated rings. The number of para-hydroxylation sites is 1. The molecule has 1 amide bonds. The molecule has 7 nitrogen and oxygen atoms in total. The Labute approximate surface area is 186 Å². The summed E-state index contributed by atoms with van der Waals surface area (Å²) in [5.41, 5.74) is 1.11. The molecular weight excluding hydrogens is 414 g/mol. The van der Waals surface area contributed by atoms with Crippen LogP contribution in [0.5, 0.6) is 5.75 Å². The van der Waals surface area contributed by atoms with Gasteiger partial charge < -0.3 is 20.6 Å². The highest BCUT2D eigenvalue weighted by molar-refractivity contribution is 6.31. The first-order chi connectivity index (χ1) is 14.9. The third kappa shape index (κ3) is 4.82. The lowest BCUT2D eigenvalue weighted by Gasteiger charge is -2.30. The van der Waals surface area contributed by atoms with Crippen molar-refractivity contribution in [3.8, 4) is 5.75 Å². The smallest absolute Gasteiger partial charge is 0.255 e. The average Bonchev–Trinajstić information content (AvgIpc) is 2.76. The quantitative estimate of drug-likeness (QED) is 0.551. The predicted octanol–water partition coefficient (Wildman–Crippen LogP) is 4.21. The van der Waals surface area contributed by atoms with Gasteiger partial charge in [0.2, 0.25) is 5.95 Å². The maximum Gasteiger partial charge on any atom is 0.255 e. The number of amides is 1. The van der Waals surface area contributed by atoms with Gasteiger partial charge in [0, 0.05) is 36.6 Å². The van der Waals surface area contributed by atoms with E-state index in [0.717, 1.165) is 42.4 Å². The Bertz CT molecular complexity index is 1100. The van der Waals surface area contributed by atoms with Crippen LogP contribution in [0.1, 0.15) is 36.0 Å². The third-order valence-electron chi connectivity index (χ3n) is 5.61. The second-order valence-corrected chi connectivity index (χ2v) is 8.55. The van der Waals surface area contributed by atoms with Gasteiger partial charge >= 0.3 is 0 Å². The van der Waals surface area contributed by atoms with E-state index in [1.54, 1.807) is 6.07 Å². The number of aromatic hydroxyl groups is 1. The Balaban J connectivity index is 1.38. The first kappa shape index (κ1) is 21.2. The second-order valence-electron chi connectivity index (χ2n) is 8.11. The Kier molecular flexibility index (Phi) is 6.13. The fourth-order valence-corrected chi connectivity index (χ4v) is 4.16. The molecule has 31 heavy (non-hydrogen) atoms. The molecule has 4 rings (SSSR count). The van der Waals surface area contributed by atoms with Crippen LogP contribution in [0.25, 0.3) is 10.9 Å². The molecule has 0 atom stereocenters. The van der Waals surface area contributed by atoms with Gasteiger partial charge in [-0.15, -0.1) is 0 Å². The van der Waals surface area contributed by atoms with Crippen molar-refractivity contribution in [3.05, 3.63) is 53.1 Å². The summed E-state index contributed by atoms with van der Waals surface area (Å²) in [5.74, 6) is 1.14. The molecule has 3 aromatic rings. The summed E-state index contributed by atoms with van der Waals surface area (Å²) in [7, 11) is 3.95. The van der Waals surface area contributed by atoms with Gasteiger partial charge in [-0.2, -0.15) is 4.98 Å². The normalized spacial score (nSPS) is 18.5. The van der Waals surface area contributed by atoms with Crippen LogP contribution in [0.4, 0.5) is 11.8 Å². The number of hydrogen-bond acceptors (Lipinski definition) is 6. The molecule has 0 aliphatic heterocycles. The number of phenols is 1. The van der Waals surface area contributed by atoms with Crippen molar-refractivity contribution in [2.24, 2.45) is 0 Å². The Morgan fingerprint density at radius 1 is 1.06 bits per heavy atom. The topological polar surface area (TPSA) is 90.4 Å². The second kappa shape index (κ2) is 8.98. The number of carbonyl (C=O) groups excluding carboxylic acids is 1. The molecule has 1 aliphatic carbocycles. The van der Waals surface area contributed by atoms with E-state index in [0.29, 0.717) is 11.0 Å². The molecule has 1 saturated carbocycles. The van der Waals surface area contributed by atoms with Crippen LogP contribution in [0.2, 0.25) is 5.02 Å². The van der Waals surface area contributed by atoms with Gasteiger partial charge in [-0.3, -0.25) is 4.79 Å². The van der Waals surface area contributed by atoms with Crippen molar-refractivity contribution in [1.29, 1.82) is 0 Å². The van der Waals surface area contributed by atoms with Gasteiger partial charge in [-0.25, -0.2) is 4.98 Å². The SMILES string of the molecule is CN(C)c1nc(NC2CCC(NC(=O)c3cc(Cl)ccc3O)CC2)nc2ccccc12. The molecule has 0 unspecified atom stereocenters. The minimum atomic E-state index is -0.301. The molecule has 0 saturated heterocycles. The number of anilines is 2. The minimum absolute atomic E-state index is 0.0544. The summed E-state index contributed by atoms with van der Waals surface area (Å²) in [6.45, 7) is 0. The molecule has 1 aromatic heterocycles. The molecule has 0 spiro atoms. The summed E-state index contributed by atoms with van der Waals surface area (Å²) >= 11 is 5.95. The van der Waals surface area contributed by atoms with Gasteiger partial charge in [0.15, 0.2) is 0 Å². The van der Waals surface area contributed by atoms with E-state index in [1.807, 2.05) is 43.3 Å². The zero-order valence-corrected chi connectivity index (χ0v) is 18.4. The monoisotopic (exact) mass is 439 g/mol. The first-order valence-electron chi connectivity index (χ1n) is 10.4. The van der Waals surface area contributed by atoms with Crippen molar-refractivity contribution in [1.82, 2.24) is 15.3 Å². The van der Waals surface area contributed by atoms with Crippen molar-refractivity contribution < 1.29 is 9.90 Å². The van der Waals surface area contributed by atoms with Gasteiger partial charge in [-0.05, 0) is 56.0 Å². The Morgan fingerprint density at radius 3 is 2.52 bits per heavy atom. The van der Waals surface area contributed by atoms with Gasteiger partial charge in [-0.1, -0.05) is 23.7 Å². The van der Waals surface area contributed by atoms with Crippen LogP contribution >= 0.6 is 11.6 Å². The number of nitrogens with one attached hydrogen (secondary N) is 2. The first-order valence-corrected chi connectivity index (χ1v) is 10.8. The molecule has 8 heteroatoms. The van der Waals surface area contributed by atoms with Gasteiger partial charge in [0.25, 0.3) is 5.91 Å². The molecule has 3 N–H and O–H groups in total. The van der Waals surface area contributed by atoms with E-state index in [-0.39, 0.29) is 29.3 Å². The molecule has 0 radical (unpaired) electrons. The number of aromatic nitrogens is 2. The lowest BCUT2D eigenvalue weighted by molar-refractivity contribution is 0.0924. The minimum Gasteiger partial charge on any atom is -0.507 e. The molecule has 1 aliphatic rings. The summed E-state index contributed by atoms with van der Waals surface area (Å²) < 4.78 is 0. The predicted molar refractivity (Wildman–Crippen MR) is 124 cm³/mol. The fourth-order valence-electron chi connectivity index (χ4n) is 3.98. The lowest BCUT2D eigenvalue weighted by Crippen LogP contribution is -2.40. The summed E-state index contributed by atoms with van der Waals surface area (Å²) in [4.78, 5) is 23.9. The highest BCUT2D eigenvalue weighted by atomic mass is 35.5. The molecule has 2 aromatic carbocycles. The standard InChI is InChI=1S/C23H26ClN5O2/c1-29(2)21-17-5-3-4-6-19(17)27-23(28-21)26-16-10-8-15(9-11-16)25-22(31)18-13-14(24)7-12-20(18)30/h3-7,12-13,15-16,30H,8-11H2,1-2H3,(H,25,31)(H,26,27,28). The molecule has 162 valence electrons. The van der Waals surface area contributed by atoms with Crippen molar-refractivity contribution in [3.63, 3.8) is 0 Å². The maximum absolute atomic E-state index is 12.5. The van der Waals surface area contributed by atoms with Crippen molar-refractivity contribution >= 4 is 40.2 Å². The number of rotatable bonds is 5. The van der Waals surface area contributed by atoms with Gasteiger partial charge in [0.05, 0.1) is 11.1 Å². The van der Waals surface area contributed by atoms with Crippen LogP contribution < -0.4 is 15.5 Å². The number of hydrogen-bond donors (Lipinski definition) is 3. The Morgan fingerprint density at radius 2 is 1.77 bits per heavy atom. The molecular formula is C23H26ClN5O2. The van der Waals surface area contributed by atoms with Gasteiger partial charge in [0.1, 0.15) is 11.6 Å². The third-order valence-corrected chi connectivity index (χ3v) is 5.84. The zero-order chi connectivity index (χ0) is 22.0. The summed E-state index contributed by atoms with van der Waals surface area (Å²) in [6.07, 6.45) is 3.44. The van der Waals surface area contributed by atoms with E-state index >= 15 is 0 Å². The Hall–Kier alpha value is -3.06. The highest BCUT2D eigenvalue weighted by Crippen LogP contribution is 2.27. The largest absolute Gasteiger partial charge is 0.507 e. The maximum atomic E-state index is 12.5. The van der Waals surface area contributed by atoms with Crippen LogP contribution in [-0.4, -0.2) is 47.2 Å². The lowest BCUT2D eigenvalue weighted by atomic mass is 9.91. The van der Waals surface area contributed by atoms with Crippen LogP contribution in [0, 0.1) is 0 Å². The summed E-state index contributed by atoms with van der Waals surface area (Å²) in [6, 6.07) is 12.8. The summed E-state index contributed by atoms with van der Waals surface area (Å²) in [5, 5.41) is 17.9. The fraction of sp³-hybridized carbons (Fsp3) is 0.348. The number of benzene rings is 2. The van der Waals surface area contributed by atoms with E-state index in [9.17, 15) is 9.90 Å². The number of phenolic OH excluding ortho intramolecular Hbond substituents is 1. The number of fused-ring (bicyclic) bond motifs is 1. The van der Waals surface area contributed by atoms with Crippen molar-refractivity contribution in [2.75, 3.05) is 24.3 Å². The van der Waals surface area contributed by atoms with Crippen molar-refractivity contribution in [2.45, 2.75) is 37.8 Å². The van der Waals surface area contributed by atoms with E-state index in [4.69, 9.17) is 16.6 Å². The van der Waals surface area contributed by atoms with E-state index in [1.165, 1.54) is 12.1 Å². The number of nitrogens with zero attached hydrogens (tertiary/aromatic N) is 3. The average molecular weight is 440 g/mol. The zero-order valence-electron chi connectivity index (χ0n) is 17.6. The number of carbonyl (C=O) groups is 1. The molecule has 1 heterocycles. The van der Waals surface area contributed by atoms with Crippen LogP contribution in [0.15, 0.2) is 42.5 Å². The highest BCUT2D eigenvalue weighted by Gasteiger charge is 2.24. The number of halogens is 1. The van der Waals surface area contributed by atoms with E-state index < -0.39 is 0 Å². The van der Waals surface area contributed by atoms with Crippen LogP contribution in [0.3, 0.4) is 0 Å².